The number of ether oxygens (including phenoxy) is 2. The summed E-state index contributed by atoms with van der Waals surface area (Å²) in [7, 11) is 2.92. The molecule has 0 fully saturated rings. The molecule has 16 heteroatoms. The molecular formula is C21H22Br2CoN8NaO4. The van der Waals surface area contributed by atoms with E-state index in [0.29, 0.717) is 24.2 Å². The smallest absolute Gasteiger partial charge is 0.870 e. The van der Waals surface area contributed by atoms with Crippen LogP contribution < -0.4 is 49.2 Å². The fourth-order valence-corrected chi connectivity index (χ4v) is 3.41. The Labute approximate surface area is 264 Å². The molecule has 0 aliphatic carbocycles. The van der Waals surface area contributed by atoms with Crippen molar-refractivity contribution in [3.8, 4) is 23.0 Å². The molecule has 0 unspecified atom stereocenters. The van der Waals surface area contributed by atoms with Crippen LogP contribution >= 0.6 is 31.9 Å². The summed E-state index contributed by atoms with van der Waals surface area (Å²) in [5.41, 5.74) is 27.6. The van der Waals surface area contributed by atoms with E-state index >= 15 is 0 Å². The zero-order valence-electron chi connectivity index (χ0n) is 20.7. The van der Waals surface area contributed by atoms with Gasteiger partial charge in [-0.3, -0.25) is 19.8 Å². The number of aliphatic imine (C=N–C) groups is 2. The van der Waals surface area contributed by atoms with Gasteiger partial charge in [0.05, 0.1) is 14.2 Å². The third kappa shape index (κ3) is 15.2. The second-order valence-corrected chi connectivity index (χ2v) is 9.17. The third-order valence-electron chi connectivity index (χ3n) is 4.04. The normalized spacial score (nSPS) is 9.89. The van der Waals surface area contributed by atoms with Crippen molar-refractivity contribution in [1.29, 1.82) is 0 Å². The summed E-state index contributed by atoms with van der Waals surface area (Å²) in [6.45, 7) is 4.96. The minimum absolute atomic E-state index is 0. The first kappa shape index (κ1) is 39.6. The monoisotopic (exact) mass is 690 g/mol. The van der Waals surface area contributed by atoms with E-state index in [0.717, 1.165) is 8.95 Å². The number of methoxy groups -OCH3 is 2. The van der Waals surface area contributed by atoms with E-state index < -0.39 is 0 Å². The quantitative estimate of drug-likeness (QED) is 0.134. The van der Waals surface area contributed by atoms with E-state index in [1.54, 1.807) is 36.7 Å². The van der Waals surface area contributed by atoms with E-state index in [-0.39, 0.29) is 74.7 Å². The molecule has 12 nitrogen and oxygen atoms in total. The fourth-order valence-electron chi connectivity index (χ4n) is 2.50. The first-order valence-electron chi connectivity index (χ1n) is 9.55. The molecule has 0 bridgehead atoms. The molecule has 2 aromatic carbocycles. The predicted octanol–water partition coefficient (Wildman–Crippen LogP) is 2.67. The Balaban J connectivity index is -0.00000131. The molecule has 2 aromatic rings. The summed E-state index contributed by atoms with van der Waals surface area (Å²) in [5.74, 6) is 0.119. The van der Waals surface area contributed by atoms with Gasteiger partial charge in [0.15, 0.2) is 0 Å². The first-order valence-corrected chi connectivity index (χ1v) is 11.1. The molecule has 2 rings (SSSR count). The molecule has 0 aromatic heterocycles. The minimum Gasteiger partial charge on any atom is -0.870 e. The number of nitrogens with zero attached hydrogens (tertiary/aromatic N) is 8. The van der Waals surface area contributed by atoms with E-state index in [1.807, 2.05) is 13.8 Å². The maximum Gasteiger partial charge on any atom is 3.00 e. The van der Waals surface area contributed by atoms with Crippen LogP contribution in [0, 0.1) is 5.41 Å². The summed E-state index contributed by atoms with van der Waals surface area (Å²) >= 11 is 6.72. The van der Waals surface area contributed by atoms with Gasteiger partial charge in [-0.15, -0.1) is 0 Å². The number of benzene rings is 2. The molecule has 0 aliphatic rings. The van der Waals surface area contributed by atoms with Crippen LogP contribution in [0.25, 0.3) is 31.9 Å². The molecule has 194 valence electrons. The largest absolute Gasteiger partial charge is 3.00 e. The predicted molar refractivity (Wildman–Crippen MR) is 139 cm³/mol. The fraction of sp³-hybridized carbons (Fsp3) is 0.333. The van der Waals surface area contributed by atoms with Gasteiger partial charge in [-0.1, -0.05) is 57.2 Å². The topological polar surface area (TPSA) is 207 Å². The molecule has 0 saturated carbocycles. The number of rotatable bonds is 8. The van der Waals surface area contributed by atoms with Crippen LogP contribution in [0.4, 0.5) is 0 Å². The second-order valence-electron chi connectivity index (χ2n) is 7.34. The van der Waals surface area contributed by atoms with Crippen LogP contribution in [0.1, 0.15) is 25.0 Å². The Kier molecular flexibility index (Phi) is 22.5. The first-order chi connectivity index (χ1) is 16.5. The van der Waals surface area contributed by atoms with Crippen molar-refractivity contribution in [2.45, 2.75) is 13.8 Å². The summed E-state index contributed by atoms with van der Waals surface area (Å²) in [4.78, 5) is 11.8. The molecule has 37 heavy (non-hydrogen) atoms. The van der Waals surface area contributed by atoms with Gasteiger partial charge in [0.2, 0.25) is 0 Å². The molecular weight excluding hydrogens is 670 g/mol. The Morgan fingerprint density at radius 1 is 0.811 bits per heavy atom. The van der Waals surface area contributed by atoms with Gasteiger partial charge in [0.25, 0.3) is 0 Å². The minimum atomic E-state index is -0.259. The van der Waals surface area contributed by atoms with E-state index in [1.165, 1.54) is 24.0 Å². The van der Waals surface area contributed by atoms with E-state index in [9.17, 15) is 10.2 Å². The van der Waals surface area contributed by atoms with Crippen LogP contribution in [0.3, 0.4) is 0 Å². The molecule has 0 radical (unpaired) electrons. The van der Waals surface area contributed by atoms with Crippen LogP contribution in [0.15, 0.2) is 43.2 Å². The van der Waals surface area contributed by atoms with E-state index in [2.05, 4.69) is 41.8 Å². The van der Waals surface area contributed by atoms with Gasteiger partial charge in [0, 0.05) is 39.9 Å². The molecule has 0 N–H and O–H groups in total. The molecule has 0 amide bonds. The maximum atomic E-state index is 12.2. The summed E-state index contributed by atoms with van der Waals surface area (Å²) in [6.07, 6.45) is 3.10. The summed E-state index contributed by atoms with van der Waals surface area (Å²) < 4.78 is 11.7. The third-order valence-corrected chi connectivity index (χ3v) is 4.95. The average Bonchev–Trinajstić information content (AvgIpc) is 2.78. The zero-order valence-corrected chi connectivity index (χ0v) is 26.9. The van der Waals surface area contributed by atoms with Gasteiger partial charge in [0.1, 0.15) is 11.5 Å². The maximum absolute atomic E-state index is 12.2. The summed E-state index contributed by atoms with van der Waals surface area (Å²) in [6, 6.07) is 6.66. The van der Waals surface area contributed by atoms with Gasteiger partial charge in [-0.2, -0.15) is 0 Å². The number of hydrogen-bond donors (Lipinski definition) is 0. The van der Waals surface area contributed by atoms with Crippen LogP contribution in [-0.4, -0.2) is 39.7 Å². The number of hydrogen-bond acceptors (Lipinski definition) is 6. The molecule has 0 aliphatic heterocycles. The number of halogens is 2. The Morgan fingerprint density at radius 2 is 1.11 bits per heavy atom. The Bertz CT molecular complexity index is 1040. The van der Waals surface area contributed by atoms with Gasteiger partial charge in [-0.05, 0) is 35.4 Å². The van der Waals surface area contributed by atoms with Gasteiger partial charge >= 0.3 is 46.3 Å². The van der Waals surface area contributed by atoms with Crippen molar-refractivity contribution in [3.63, 3.8) is 0 Å². The van der Waals surface area contributed by atoms with Gasteiger partial charge in [-0.25, -0.2) is 0 Å². The second kappa shape index (κ2) is 21.0. The molecule has 0 atom stereocenters. The van der Waals surface area contributed by atoms with Crippen molar-refractivity contribution in [1.82, 2.24) is 0 Å². The van der Waals surface area contributed by atoms with Crippen LogP contribution in [-0.2, 0) is 16.8 Å². The standard InChI is InChI=1S/C21H24Br2N2O4.Co.2N3.Na/c1-21(2,11-24-9-13-5-15(22)7-17(28-3)19(13)26)12-25-10-14-6-16(23)8-18(29-4)20(14)27;;2*1-3-2;/h5-10,26-27H,11-12H2,1-4H3;;;;/q;+3;2*-1;+1/p-2. The average molecular weight is 692 g/mol. The summed E-state index contributed by atoms with van der Waals surface area (Å²) in [5, 5.41) is 24.5. The van der Waals surface area contributed by atoms with Gasteiger partial charge < -0.3 is 41.8 Å². The van der Waals surface area contributed by atoms with Crippen molar-refractivity contribution in [2.75, 3.05) is 27.3 Å². The molecule has 0 spiro atoms. The van der Waals surface area contributed by atoms with E-state index in [4.69, 9.17) is 31.6 Å². The molecule has 0 saturated heterocycles. The Morgan fingerprint density at radius 3 is 1.38 bits per heavy atom. The Hall–Kier alpha value is -1.93. The SMILES string of the molecule is COc1cc(Br)cc(C=NCC(C)(C)CN=Cc2cc(Br)cc(OC)c2[O-])c1[O-].[Co+3].[N-]=[N+]=[N-].[N-]=[N+]=[N-].[Na+]. The van der Waals surface area contributed by atoms with Crippen molar-refractivity contribution < 1.29 is 66.0 Å². The van der Waals surface area contributed by atoms with Crippen molar-refractivity contribution in [2.24, 2.45) is 15.4 Å². The zero-order chi connectivity index (χ0) is 27.0. The van der Waals surface area contributed by atoms with Crippen molar-refractivity contribution >= 4 is 44.3 Å². The van der Waals surface area contributed by atoms with Crippen LogP contribution in [0.2, 0.25) is 0 Å². The molecule has 0 heterocycles. The van der Waals surface area contributed by atoms with Crippen molar-refractivity contribution in [3.05, 3.63) is 76.3 Å². The van der Waals surface area contributed by atoms with Crippen LogP contribution in [0.5, 0.6) is 23.0 Å².